The highest BCUT2D eigenvalue weighted by molar-refractivity contribution is 7.00. The number of piperidine rings is 1. The summed E-state index contributed by atoms with van der Waals surface area (Å²) < 4.78 is 8.55. The van der Waals surface area contributed by atoms with Gasteiger partial charge in [-0.25, -0.2) is 9.78 Å². The number of benzene rings is 1. The zero-order valence-electron chi connectivity index (χ0n) is 13.1. The lowest BCUT2D eigenvalue weighted by molar-refractivity contribution is 0.147. The van der Waals surface area contributed by atoms with Crippen LogP contribution >= 0.6 is 11.7 Å². The van der Waals surface area contributed by atoms with Crippen LogP contribution in [0.4, 0.5) is 4.79 Å². The molecule has 3 aromatic rings. The Kier molecular flexibility index (Phi) is 4.12. The van der Waals surface area contributed by atoms with Crippen LogP contribution in [-0.4, -0.2) is 36.2 Å². The lowest BCUT2D eigenvalue weighted by Crippen LogP contribution is -2.44. The van der Waals surface area contributed by atoms with E-state index in [9.17, 15) is 4.79 Å². The zero-order valence-corrected chi connectivity index (χ0v) is 13.9. The van der Waals surface area contributed by atoms with Gasteiger partial charge in [0.1, 0.15) is 16.9 Å². The highest BCUT2D eigenvalue weighted by Gasteiger charge is 2.29. The first-order valence-corrected chi connectivity index (χ1v) is 8.80. The zero-order chi connectivity index (χ0) is 16.4. The molecule has 0 saturated carbocycles. The molecule has 2 N–H and O–H groups in total. The third-order valence-electron chi connectivity index (χ3n) is 4.40. The molecule has 1 aliphatic heterocycles. The molecule has 0 spiro atoms. The Morgan fingerprint density at radius 2 is 2.33 bits per heavy atom. The van der Waals surface area contributed by atoms with E-state index in [-0.39, 0.29) is 12.1 Å². The summed E-state index contributed by atoms with van der Waals surface area (Å²) in [5, 5.41) is 3.02. The van der Waals surface area contributed by atoms with Gasteiger partial charge < -0.3 is 15.2 Å². The molecule has 8 heteroatoms. The molecule has 1 unspecified atom stereocenters. The predicted molar refractivity (Wildman–Crippen MR) is 91.5 cm³/mol. The van der Waals surface area contributed by atoms with E-state index in [1.807, 2.05) is 23.1 Å². The molecule has 1 saturated heterocycles. The number of amides is 2. The maximum atomic E-state index is 12.7. The van der Waals surface area contributed by atoms with Gasteiger partial charge in [0, 0.05) is 31.0 Å². The number of likely N-dealkylation sites (tertiary alicyclic amines) is 1. The van der Waals surface area contributed by atoms with Crippen molar-refractivity contribution in [3.8, 4) is 0 Å². The molecule has 2 aromatic heterocycles. The van der Waals surface area contributed by atoms with Gasteiger partial charge in [0.2, 0.25) is 0 Å². The number of aromatic amines is 1. The van der Waals surface area contributed by atoms with Crippen LogP contribution in [0, 0.1) is 0 Å². The maximum absolute atomic E-state index is 12.7. The van der Waals surface area contributed by atoms with Crippen molar-refractivity contribution in [1.29, 1.82) is 0 Å². The summed E-state index contributed by atoms with van der Waals surface area (Å²) >= 11 is 1.19. The number of hydrogen-bond acceptors (Lipinski definition) is 5. The fourth-order valence-corrected chi connectivity index (χ4v) is 3.76. The molecule has 1 atom stereocenters. The van der Waals surface area contributed by atoms with Gasteiger partial charge >= 0.3 is 6.03 Å². The van der Waals surface area contributed by atoms with E-state index in [0.717, 1.165) is 48.2 Å². The van der Waals surface area contributed by atoms with Crippen LogP contribution in [0.15, 0.2) is 30.6 Å². The third kappa shape index (κ3) is 2.84. The normalized spacial score (nSPS) is 18.0. The summed E-state index contributed by atoms with van der Waals surface area (Å²) in [6, 6.07) is 5.81. The van der Waals surface area contributed by atoms with Crippen LogP contribution in [0.1, 0.15) is 36.7 Å². The highest BCUT2D eigenvalue weighted by Crippen LogP contribution is 2.28. The fourth-order valence-electron chi connectivity index (χ4n) is 3.20. The lowest BCUT2D eigenvalue weighted by atomic mass is 10.0. The van der Waals surface area contributed by atoms with Gasteiger partial charge in [0.15, 0.2) is 0 Å². The van der Waals surface area contributed by atoms with E-state index in [4.69, 9.17) is 0 Å². The van der Waals surface area contributed by atoms with Gasteiger partial charge in [-0.1, -0.05) is 12.1 Å². The standard InChI is InChI=1S/C16H18N6OS/c23-16(19-10-11-4-3-5-12-14(11)21-24-20-12)22-9-2-1-6-13(22)15-17-7-8-18-15/h3-5,7-8,13H,1-2,6,9-10H2,(H,17,18)(H,19,23). The third-order valence-corrected chi connectivity index (χ3v) is 4.94. The number of nitrogens with zero attached hydrogens (tertiary/aromatic N) is 4. The topological polar surface area (TPSA) is 86.8 Å². The molecule has 2 amide bonds. The van der Waals surface area contributed by atoms with Crippen molar-refractivity contribution in [3.05, 3.63) is 42.0 Å². The summed E-state index contributed by atoms with van der Waals surface area (Å²) in [4.78, 5) is 22.0. The summed E-state index contributed by atoms with van der Waals surface area (Å²) in [6.45, 7) is 1.20. The Bertz CT molecular complexity index is 830. The molecule has 3 heterocycles. The number of rotatable bonds is 3. The highest BCUT2D eigenvalue weighted by atomic mass is 32.1. The molecule has 4 rings (SSSR count). The monoisotopic (exact) mass is 342 g/mol. The van der Waals surface area contributed by atoms with Crippen LogP contribution in [0.25, 0.3) is 11.0 Å². The van der Waals surface area contributed by atoms with E-state index in [0.29, 0.717) is 6.54 Å². The number of hydrogen-bond donors (Lipinski definition) is 2. The van der Waals surface area contributed by atoms with Crippen LogP contribution in [0.5, 0.6) is 0 Å². The van der Waals surface area contributed by atoms with Gasteiger partial charge in [-0.3, -0.25) is 0 Å². The van der Waals surface area contributed by atoms with Crippen LogP contribution in [0.2, 0.25) is 0 Å². The minimum atomic E-state index is -0.0590. The minimum absolute atomic E-state index is 0.0190. The molecule has 0 radical (unpaired) electrons. The molecule has 7 nitrogen and oxygen atoms in total. The number of fused-ring (bicyclic) bond motifs is 1. The van der Waals surface area contributed by atoms with Crippen molar-refractivity contribution in [3.63, 3.8) is 0 Å². The quantitative estimate of drug-likeness (QED) is 0.766. The van der Waals surface area contributed by atoms with Crippen molar-refractivity contribution in [2.75, 3.05) is 6.54 Å². The molecule has 124 valence electrons. The Morgan fingerprint density at radius 1 is 1.38 bits per heavy atom. The van der Waals surface area contributed by atoms with Gasteiger partial charge in [-0.15, -0.1) is 0 Å². The molecule has 0 bridgehead atoms. The number of carbonyl (C=O) groups excluding carboxylic acids is 1. The summed E-state index contributed by atoms with van der Waals surface area (Å²) in [5.74, 6) is 0.857. The predicted octanol–water partition coefficient (Wildman–Crippen LogP) is 2.85. The molecule has 1 fully saturated rings. The first kappa shape index (κ1) is 15.1. The lowest BCUT2D eigenvalue weighted by Gasteiger charge is -2.34. The minimum Gasteiger partial charge on any atom is -0.347 e. The summed E-state index contributed by atoms with van der Waals surface area (Å²) in [5.41, 5.74) is 2.73. The van der Waals surface area contributed by atoms with Crippen LogP contribution in [0.3, 0.4) is 0 Å². The van der Waals surface area contributed by atoms with Crippen molar-refractivity contribution in [2.24, 2.45) is 0 Å². The number of aromatic nitrogens is 4. The second-order valence-corrected chi connectivity index (χ2v) is 6.42. The SMILES string of the molecule is O=C(NCc1cccc2nsnc12)N1CCCCC1c1ncc[nH]1. The van der Waals surface area contributed by atoms with E-state index in [2.05, 4.69) is 24.0 Å². The summed E-state index contributed by atoms with van der Waals surface area (Å²) in [6.07, 6.45) is 6.60. The van der Waals surface area contributed by atoms with Crippen molar-refractivity contribution in [1.82, 2.24) is 28.9 Å². The maximum Gasteiger partial charge on any atom is 0.318 e. The number of carbonyl (C=O) groups is 1. The Labute approximate surface area is 143 Å². The first-order valence-electron chi connectivity index (χ1n) is 8.07. The van der Waals surface area contributed by atoms with Crippen molar-refractivity contribution < 1.29 is 4.79 Å². The molecule has 1 aromatic carbocycles. The molecule has 0 aliphatic carbocycles. The van der Waals surface area contributed by atoms with Crippen LogP contribution in [-0.2, 0) is 6.54 Å². The number of imidazole rings is 1. The number of H-pyrrole nitrogens is 1. The number of nitrogens with one attached hydrogen (secondary N) is 2. The van der Waals surface area contributed by atoms with Crippen LogP contribution < -0.4 is 5.32 Å². The summed E-state index contributed by atoms with van der Waals surface area (Å²) in [7, 11) is 0. The van der Waals surface area contributed by atoms with E-state index in [1.165, 1.54) is 11.7 Å². The van der Waals surface area contributed by atoms with Crippen molar-refractivity contribution in [2.45, 2.75) is 31.8 Å². The number of urea groups is 1. The smallest absolute Gasteiger partial charge is 0.318 e. The van der Waals surface area contributed by atoms with E-state index < -0.39 is 0 Å². The van der Waals surface area contributed by atoms with E-state index in [1.54, 1.807) is 12.4 Å². The largest absolute Gasteiger partial charge is 0.347 e. The molecular weight excluding hydrogens is 324 g/mol. The van der Waals surface area contributed by atoms with Gasteiger partial charge in [-0.2, -0.15) is 8.75 Å². The Hall–Kier alpha value is -2.48. The molecule has 1 aliphatic rings. The molecular formula is C16H18N6OS. The first-order chi connectivity index (χ1) is 11.8. The fraction of sp³-hybridized carbons (Fsp3) is 0.375. The second kappa shape index (κ2) is 6.56. The van der Waals surface area contributed by atoms with E-state index >= 15 is 0 Å². The molecule has 24 heavy (non-hydrogen) atoms. The van der Waals surface area contributed by atoms with Gasteiger partial charge in [0.05, 0.1) is 17.8 Å². The average Bonchev–Trinajstić information content (AvgIpc) is 3.31. The Morgan fingerprint density at radius 3 is 3.21 bits per heavy atom. The Balaban J connectivity index is 1.48. The van der Waals surface area contributed by atoms with Gasteiger partial charge in [0.25, 0.3) is 0 Å². The average molecular weight is 342 g/mol. The second-order valence-electron chi connectivity index (χ2n) is 5.89. The van der Waals surface area contributed by atoms with Gasteiger partial charge in [-0.05, 0) is 25.3 Å². The van der Waals surface area contributed by atoms with Crippen molar-refractivity contribution >= 4 is 28.8 Å².